The Kier molecular flexibility index (Phi) is 4.68. The standard InChI is InChI=1S/C18H17NO2S2/c1-11(2)10-21-15-8-7-12(13-5-3-4-6-14(13)15)9-16-17(20)19-18(22)23-16/h3-9,11H,10H2,1-2H3,(H,19,20,22)/b16-9-. The summed E-state index contributed by atoms with van der Waals surface area (Å²) in [4.78, 5) is 12.5. The van der Waals surface area contributed by atoms with Gasteiger partial charge in [-0.15, -0.1) is 0 Å². The van der Waals surface area contributed by atoms with Crippen LogP contribution in [0.25, 0.3) is 16.8 Å². The van der Waals surface area contributed by atoms with Crippen LogP contribution in [0, 0.1) is 5.92 Å². The zero-order chi connectivity index (χ0) is 16.4. The van der Waals surface area contributed by atoms with Crippen LogP contribution in [0.15, 0.2) is 41.3 Å². The lowest BCUT2D eigenvalue weighted by molar-refractivity contribution is -0.115. The molecular weight excluding hydrogens is 326 g/mol. The van der Waals surface area contributed by atoms with Crippen molar-refractivity contribution in [1.82, 2.24) is 5.32 Å². The first-order valence-electron chi connectivity index (χ1n) is 7.44. The Bertz CT molecular complexity index is 812. The molecule has 1 aliphatic heterocycles. The molecule has 23 heavy (non-hydrogen) atoms. The van der Waals surface area contributed by atoms with Gasteiger partial charge in [-0.2, -0.15) is 0 Å². The molecule has 0 aromatic heterocycles. The molecule has 1 fully saturated rings. The average molecular weight is 343 g/mol. The molecule has 0 atom stereocenters. The van der Waals surface area contributed by atoms with Crippen LogP contribution in [0.4, 0.5) is 0 Å². The van der Waals surface area contributed by atoms with Gasteiger partial charge >= 0.3 is 0 Å². The van der Waals surface area contributed by atoms with Crippen molar-refractivity contribution >= 4 is 51.1 Å². The van der Waals surface area contributed by atoms with Crippen molar-refractivity contribution in [2.75, 3.05) is 6.61 Å². The van der Waals surface area contributed by atoms with Gasteiger partial charge in [0.05, 0.1) is 11.5 Å². The molecule has 0 radical (unpaired) electrons. The molecule has 5 heteroatoms. The Morgan fingerprint density at radius 1 is 1.22 bits per heavy atom. The molecule has 1 N–H and O–H groups in total. The van der Waals surface area contributed by atoms with Gasteiger partial charge in [0.1, 0.15) is 10.1 Å². The van der Waals surface area contributed by atoms with Crippen molar-refractivity contribution in [1.29, 1.82) is 0 Å². The molecule has 0 spiro atoms. The van der Waals surface area contributed by atoms with Gasteiger partial charge in [0.25, 0.3) is 5.91 Å². The van der Waals surface area contributed by atoms with Crippen LogP contribution in [0.3, 0.4) is 0 Å². The second kappa shape index (κ2) is 6.72. The van der Waals surface area contributed by atoms with E-state index in [4.69, 9.17) is 17.0 Å². The first kappa shape index (κ1) is 16.0. The Labute approximate surface area is 145 Å². The van der Waals surface area contributed by atoms with Crippen molar-refractivity contribution < 1.29 is 9.53 Å². The fourth-order valence-corrected chi connectivity index (χ4v) is 3.40. The second-order valence-electron chi connectivity index (χ2n) is 5.76. The predicted octanol–water partition coefficient (Wildman–Crippen LogP) is 4.36. The average Bonchev–Trinajstić information content (AvgIpc) is 2.84. The molecule has 0 unspecified atom stereocenters. The molecule has 3 rings (SSSR count). The van der Waals surface area contributed by atoms with E-state index in [9.17, 15) is 4.79 Å². The lowest BCUT2D eigenvalue weighted by atomic mass is 10.0. The zero-order valence-electron chi connectivity index (χ0n) is 13.0. The van der Waals surface area contributed by atoms with Gasteiger partial charge in [-0.05, 0) is 29.0 Å². The van der Waals surface area contributed by atoms with E-state index in [2.05, 4.69) is 19.2 Å². The topological polar surface area (TPSA) is 38.3 Å². The normalized spacial score (nSPS) is 16.4. The van der Waals surface area contributed by atoms with Crippen molar-refractivity contribution in [2.24, 2.45) is 5.92 Å². The Morgan fingerprint density at radius 3 is 2.61 bits per heavy atom. The molecule has 118 valence electrons. The number of benzene rings is 2. The van der Waals surface area contributed by atoms with Crippen LogP contribution < -0.4 is 10.1 Å². The van der Waals surface area contributed by atoms with E-state index in [-0.39, 0.29) is 5.91 Å². The highest BCUT2D eigenvalue weighted by Crippen LogP contribution is 2.32. The minimum atomic E-state index is -0.135. The Balaban J connectivity index is 2.03. The number of nitrogens with one attached hydrogen (secondary N) is 1. The quantitative estimate of drug-likeness (QED) is 0.661. The third-order valence-corrected chi connectivity index (χ3v) is 4.58. The van der Waals surface area contributed by atoms with Crippen LogP contribution in [0.5, 0.6) is 5.75 Å². The van der Waals surface area contributed by atoms with Crippen LogP contribution in [0.1, 0.15) is 19.4 Å². The molecular formula is C18H17NO2S2. The van der Waals surface area contributed by atoms with E-state index in [0.717, 1.165) is 22.1 Å². The van der Waals surface area contributed by atoms with Gasteiger partial charge < -0.3 is 10.1 Å². The fourth-order valence-electron chi connectivity index (χ4n) is 2.37. The van der Waals surface area contributed by atoms with E-state index in [1.54, 1.807) is 0 Å². The first-order valence-corrected chi connectivity index (χ1v) is 8.66. The molecule has 0 bridgehead atoms. The maximum atomic E-state index is 11.9. The van der Waals surface area contributed by atoms with Crippen LogP contribution >= 0.6 is 24.0 Å². The number of thioether (sulfide) groups is 1. The lowest BCUT2D eigenvalue weighted by Crippen LogP contribution is -2.17. The highest BCUT2D eigenvalue weighted by molar-refractivity contribution is 8.26. The summed E-state index contributed by atoms with van der Waals surface area (Å²) in [6, 6.07) is 12.0. The van der Waals surface area contributed by atoms with E-state index >= 15 is 0 Å². The first-order chi connectivity index (χ1) is 11.0. The third-order valence-electron chi connectivity index (χ3n) is 3.42. The fraction of sp³-hybridized carbons (Fsp3) is 0.222. The largest absolute Gasteiger partial charge is 0.493 e. The Morgan fingerprint density at radius 2 is 1.96 bits per heavy atom. The van der Waals surface area contributed by atoms with Crippen molar-refractivity contribution in [3.63, 3.8) is 0 Å². The van der Waals surface area contributed by atoms with E-state index < -0.39 is 0 Å². The minimum absolute atomic E-state index is 0.135. The molecule has 2 aromatic carbocycles. The van der Waals surface area contributed by atoms with Gasteiger partial charge in [-0.1, -0.05) is 68.2 Å². The number of hydrogen-bond donors (Lipinski definition) is 1. The molecule has 1 amide bonds. The molecule has 0 saturated carbocycles. The van der Waals surface area contributed by atoms with Gasteiger partial charge in [0.15, 0.2) is 0 Å². The van der Waals surface area contributed by atoms with E-state index in [1.807, 2.05) is 42.5 Å². The smallest absolute Gasteiger partial charge is 0.263 e. The van der Waals surface area contributed by atoms with Gasteiger partial charge in [-0.3, -0.25) is 4.79 Å². The Hall–Kier alpha value is -1.85. The maximum Gasteiger partial charge on any atom is 0.263 e. The third kappa shape index (κ3) is 3.57. The summed E-state index contributed by atoms with van der Waals surface area (Å²) in [7, 11) is 0. The number of ether oxygens (including phenoxy) is 1. The SMILES string of the molecule is CC(C)COc1ccc(/C=C2\SC(=S)NC2=O)c2ccccc12. The number of carbonyl (C=O) groups is 1. The lowest BCUT2D eigenvalue weighted by Gasteiger charge is -2.13. The summed E-state index contributed by atoms with van der Waals surface area (Å²) in [5.74, 6) is 1.20. The van der Waals surface area contributed by atoms with E-state index in [1.165, 1.54) is 11.8 Å². The van der Waals surface area contributed by atoms with Gasteiger partial charge in [0.2, 0.25) is 0 Å². The summed E-state index contributed by atoms with van der Waals surface area (Å²) in [6.45, 7) is 4.93. The van der Waals surface area contributed by atoms with Crippen molar-refractivity contribution in [2.45, 2.75) is 13.8 Å². The van der Waals surface area contributed by atoms with Crippen LogP contribution in [0.2, 0.25) is 0 Å². The number of rotatable bonds is 4. The number of amides is 1. The highest BCUT2D eigenvalue weighted by atomic mass is 32.2. The molecule has 1 aliphatic rings. The maximum absolute atomic E-state index is 11.9. The molecule has 1 saturated heterocycles. The molecule has 1 heterocycles. The summed E-state index contributed by atoms with van der Waals surface area (Å²) in [5.41, 5.74) is 0.986. The summed E-state index contributed by atoms with van der Waals surface area (Å²) >= 11 is 6.33. The zero-order valence-corrected chi connectivity index (χ0v) is 14.6. The molecule has 2 aromatic rings. The predicted molar refractivity (Wildman–Crippen MR) is 101 cm³/mol. The highest BCUT2D eigenvalue weighted by Gasteiger charge is 2.22. The van der Waals surface area contributed by atoms with E-state index in [0.29, 0.717) is 21.8 Å². The van der Waals surface area contributed by atoms with Gasteiger partial charge in [-0.25, -0.2) is 0 Å². The van der Waals surface area contributed by atoms with Crippen LogP contribution in [-0.2, 0) is 4.79 Å². The minimum Gasteiger partial charge on any atom is -0.493 e. The van der Waals surface area contributed by atoms with Gasteiger partial charge in [0, 0.05) is 5.39 Å². The number of hydrogen-bond acceptors (Lipinski definition) is 4. The monoisotopic (exact) mass is 343 g/mol. The molecule has 3 nitrogen and oxygen atoms in total. The second-order valence-corrected chi connectivity index (χ2v) is 7.47. The number of fused-ring (bicyclic) bond motifs is 1. The molecule has 0 aliphatic carbocycles. The van der Waals surface area contributed by atoms with Crippen LogP contribution in [-0.4, -0.2) is 16.8 Å². The summed E-state index contributed by atoms with van der Waals surface area (Å²) in [5, 5.41) is 4.75. The summed E-state index contributed by atoms with van der Waals surface area (Å²) in [6.07, 6.45) is 1.88. The summed E-state index contributed by atoms with van der Waals surface area (Å²) < 4.78 is 6.42. The van der Waals surface area contributed by atoms with Crippen molar-refractivity contribution in [3.05, 3.63) is 46.9 Å². The number of carbonyl (C=O) groups excluding carboxylic acids is 1. The number of thiocarbonyl (C=S) groups is 1. The van der Waals surface area contributed by atoms with Crippen molar-refractivity contribution in [3.8, 4) is 5.75 Å².